The van der Waals surface area contributed by atoms with Crippen LogP contribution in [-0.2, 0) is 58.1 Å². The number of phenols is 1. The highest BCUT2D eigenvalue weighted by Crippen LogP contribution is 2.42. The first-order valence-electron chi connectivity index (χ1n) is 23.3. The molecular weight excluding hydrogens is 877 g/mol. The molecule has 0 aliphatic carbocycles. The van der Waals surface area contributed by atoms with E-state index < -0.39 is 68.6 Å². The summed E-state index contributed by atoms with van der Waals surface area (Å²) >= 11 is 0. The molecule has 0 spiro atoms. The van der Waals surface area contributed by atoms with Crippen LogP contribution >= 0.6 is 0 Å². The number of aryl methyl sites for hydroxylation is 1. The average molecular weight is 941 g/mol. The number of fused-ring (bicyclic) bond motifs is 6. The van der Waals surface area contributed by atoms with E-state index in [9.17, 15) is 32.7 Å². The Morgan fingerprint density at radius 2 is 1.84 bits per heavy atom. The lowest BCUT2D eigenvalue weighted by atomic mass is 9.84. The minimum Gasteiger partial charge on any atom is -0.508 e. The highest BCUT2D eigenvalue weighted by Gasteiger charge is 2.49. The molecule has 18 heteroatoms. The maximum atomic E-state index is 14.7. The van der Waals surface area contributed by atoms with Crippen LogP contribution in [-0.4, -0.2) is 131 Å². The van der Waals surface area contributed by atoms with Gasteiger partial charge in [0.15, 0.2) is 0 Å². The van der Waals surface area contributed by atoms with E-state index in [1.807, 2.05) is 25.1 Å². The lowest BCUT2D eigenvalue weighted by Gasteiger charge is -2.41. The Labute approximate surface area is 392 Å². The van der Waals surface area contributed by atoms with Gasteiger partial charge < -0.3 is 29.4 Å². The van der Waals surface area contributed by atoms with Crippen LogP contribution in [0, 0.1) is 17.3 Å². The lowest BCUT2D eigenvalue weighted by molar-refractivity contribution is -0.155. The van der Waals surface area contributed by atoms with E-state index in [-0.39, 0.29) is 50.4 Å². The molecule has 6 bridgehead atoms. The summed E-state index contributed by atoms with van der Waals surface area (Å²) in [5.74, 6) is -2.98. The normalized spacial score (nSPS) is 22.4. The first kappa shape index (κ1) is 48.1. The number of aromatic nitrogens is 2. The van der Waals surface area contributed by atoms with Crippen molar-refractivity contribution in [2.24, 2.45) is 17.3 Å². The average Bonchev–Trinajstić information content (AvgIpc) is 4.10. The Morgan fingerprint density at radius 1 is 1.09 bits per heavy atom. The highest BCUT2D eigenvalue weighted by molar-refractivity contribution is 7.90. The van der Waals surface area contributed by atoms with Gasteiger partial charge in [0.05, 0.1) is 30.0 Å². The van der Waals surface area contributed by atoms with Crippen LogP contribution in [0.15, 0.2) is 54.7 Å². The number of nitrogens with one attached hydrogen (secondary N) is 3. The Kier molecular flexibility index (Phi) is 13.6. The topological polar surface area (TPSA) is 215 Å². The number of likely N-dealkylation sites (N-methyl/N-ethyl adjacent to an activating group) is 1. The number of carbonyl (C=O) groups excluding carboxylic acids is 4. The summed E-state index contributed by atoms with van der Waals surface area (Å²) in [5, 5.41) is 18.8. The highest BCUT2D eigenvalue weighted by atomic mass is 32.2. The maximum Gasteiger partial charge on any atom is 0.324 e. The number of amides is 3. The summed E-state index contributed by atoms with van der Waals surface area (Å²) in [6.45, 7) is 13.2. The zero-order valence-corrected chi connectivity index (χ0v) is 40.5. The zero-order chi connectivity index (χ0) is 48.1. The van der Waals surface area contributed by atoms with Crippen molar-refractivity contribution in [2.75, 3.05) is 46.9 Å². The minimum absolute atomic E-state index is 0.0255. The third-order valence-electron chi connectivity index (χ3n) is 13.6. The SMILES string of the molecule is CCn1c(-c2cccnc2[C@H](C)OC)c2c3cc(ccc31)-c1cc(O)cc(c1)C[C@H](NC(=O)[C@H](C(C)C)N(C)C(=O)C1CN(S(=O)(=O)[C@@H]3CN3)C1)C(=O)N1CCC[C@H](N1)C(=O)OCC(C)(C)C2. The van der Waals surface area contributed by atoms with Crippen LogP contribution in [0.2, 0.25) is 0 Å². The maximum absolute atomic E-state index is 14.7. The number of nitrogens with zero attached hydrogens (tertiary/aromatic N) is 5. The van der Waals surface area contributed by atoms with Crippen molar-refractivity contribution in [1.29, 1.82) is 0 Å². The van der Waals surface area contributed by atoms with Crippen LogP contribution in [0.1, 0.15) is 77.3 Å². The first-order valence-corrected chi connectivity index (χ1v) is 24.8. The summed E-state index contributed by atoms with van der Waals surface area (Å²) < 4.78 is 40.9. The zero-order valence-electron chi connectivity index (χ0n) is 39.7. The van der Waals surface area contributed by atoms with Gasteiger partial charge in [0.2, 0.25) is 21.8 Å². The number of rotatable bonds is 11. The molecule has 4 aliphatic rings. The van der Waals surface area contributed by atoms with Gasteiger partial charge in [-0.1, -0.05) is 39.8 Å². The molecule has 8 rings (SSSR count). The predicted molar refractivity (Wildman–Crippen MR) is 252 cm³/mol. The van der Waals surface area contributed by atoms with E-state index in [2.05, 4.69) is 59.6 Å². The quantitative estimate of drug-likeness (QED) is 0.124. The molecule has 17 nitrogen and oxygen atoms in total. The van der Waals surface area contributed by atoms with Gasteiger partial charge in [-0.25, -0.2) is 13.8 Å². The number of benzene rings is 2. The van der Waals surface area contributed by atoms with Crippen LogP contribution < -0.4 is 16.1 Å². The van der Waals surface area contributed by atoms with E-state index >= 15 is 0 Å². The fourth-order valence-corrected chi connectivity index (χ4v) is 11.6. The van der Waals surface area contributed by atoms with E-state index in [0.717, 1.165) is 39.0 Å². The number of phenolic OH excluding ortho intramolecular Hbond substituents is 1. The second kappa shape index (κ2) is 18.9. The van der Waals surface area contributed by atoms with Crippen molar-refractivity contribution in [1.82, 2.24) is 39.8 Å². The molecule has 2 aromatic carbocycles. The molecule has 3 amide bonds. The Hall–Kier alpha value is -5.40. The molecule has 5 atom stereocenters. The van der Waals surface area contributed by atoms with Gasteiger partial charge in [0, 0.05) is 81.4 Å². The number of carbonyl (C=O) groups is 4. The number of hydrogen-bond acceptors (Lipinski definition) is 12. The number of ether oxygens (including phenoxy) is 2. The summed E-state index contributed by atoms with van der Waals surface area (Å²) in [7, 11) is -0.347. The van der Waals surface area contributed by atoms with Crippen molar-refractivity contribution in [3.8, 4) is 28.1 Å². The lowest BCUT2D eigenvalue weighted by Crippen LogP contribution is -2.63. The fourth-order valence-electron chi connectivity index (χ4n) is 9.92. The molecule has 4 N–H and O–H groups in total. The Bertz CT molecular complexity index is 2670. The van der Waals surface area contributed by atoms with E-state index in [4.69, 9.17) is 14.5 Å². The Morgan fingerprint density at radius 3 is 2.52 bits per heavy atom. The summed E-state index contributed by atoms with van der Waals surface area (Å²) in [5.41, 5.74) is 9.41. The number of pyridine rings is 1. The number of sulfonamides is 1. The number of hydrogen-bond donors (Lipinski definition) is 4. The van der Waals surface area contributed by atoms with Crippen molar-refractivity contribution in [2.45, 2.75) is 103 Å². The van der Waals surface area contributed by atoms with Crippen molar-refractivity contribution in [3.05, 3.63) is 71.5 Å². The number of methoxy groups -OCH3 is 1. The van der Waals surface area contributed by atoms with E-state index in [0.29, 0.717) is 43.5 Å². The second-order valence-electron chi connectivity index (χ2n) is 19.6. The predicted octanol–water partition coefficient (Wildman–Crippen LogP) is 4.13. The molecule has 0 saturated carbocycles. The van der Waals surface area contributed by atoms with E-state index in [1.165, 1.54) is 21.3 Å². The molecule has 0 radical (unpaired) electrons. The molecule has 4 aromatic rings. The number of aromatic hydroxyl groups is 1. The van der Waals surface area contributed by atoms with E-state index in [1.54, 1.807) is 39.3 Å². The molecule has 2 aromatic heterocycles. The first-order chi connectivity index (χ1) is 31.8. The molecular formula is C49H64N8O9S. The van der Waals surface area contributed by atoms with Crippen LogP contribution in [0.3, 0.4) is 0 Å². The molecule has 3 fully saturated rings. The summed E-state index contributed by atoms with van der Waals surface area (Å²) in [6, 6.07) is 12.3. The molecule has 4 aliphatic heterocycles. The Balaban J connectivity index is 1.18. The van der Waals surface area contributed by atoms with Crippen LogP contribution in [0.4, 0.5) is 0 Å². The molecule has 67 heavy (non-hydrogen) atoms. The fraction of sp³-hybridized carbons (Fsp3) is 0.531. The minimum atomic E-state index is -3.54. The standard InChI is InChI=1S/C49H64N8O9S/c1-9-56-40-15-14-31-22-36(40)37(44(56)35-12-10-16-50-42(35)29(4)65-8)23-49(5,6)27-66-48(62)38-13-11-17-57(53-38)47(61)39(20-30-18-32(31)21-34(58)19-30)52-45(59)43(28(2)3)54(7)46(60)33-25-55(26-33)67(63,64)41-24-51-41/h10,12,14-16,18-19,21-22,28-29,33,38-39,41,43,51,53,58H,9,11,13,17,20,23-27H2,1-8H3,(H,52,59)/t29-,38-,39-,41+,43-/m0/s1. The largest absolute Gasteiger partial charge is 0.508 e. The van der Waals surface area contributed by atoms with Gasteiger partial charge in [0.1, 0.15) is 29.2 Å². The number of esters is 1. The van der Waals surface area contributed by atoms with Gasteiger partial charge in [-0.15, -0.1) is 0 Å². The molecule has 3 saturated heterocycles. The van der Waals surface area contributed by atoms with Gasteiger partial charge in [-0.3, -0.25) is 34.5 Å². The van der Waals surface area contributed by atoms with Gasteiger partial charge >= 0.3 is 5.97 Å². The molecule has 360 valence electrons. The third-order valence-corrected chi connectivity index (χ3v) is 15.7. The summed E-state index contributed by atoms with van der Waals surface area (Å²) in [6.07, 6.45) is 2.89. The monoisotopic (exact) mass is 940 g/mol. The number of hydrazine groups is 1. The number of cyclic esters (lactones) is 1. The van der Waals surface area contributed by atoms with Crippen molar-refractivity contribution >= 4 is 44.6 Å². The smallest absolute Gasteiger partial charge is 0.324 e. The van der Waals surface area contributed by atoms with Gasteiger partial charge in [0.25, 0.3) is 5.91 Å². The third kappa shape index (κ3) is 9.68. The molecule has 6 heterocycles. The summed E-state index contributed by atoms with van der Waals surface area (Å²) in [4.78, 5) is 63.1. The second-order valence-corrected chi connectivity index (χ2v) is 21.7. The molecule has 0 unspecified atom stereocenters. The van der Waals surface area contributed by atoms with Gasteiger partial charge in [-0.05, 0) is 97.7 Å². The van der Waals surface area contributed by atoms with Crippen LogP contribution in [0.5, 0.6) is 5.75 Å². The van der Waals surface area contributed by atoms with Gasteiger partial charge in [-0.2, -0.15) is 4.31 Å². The van der Waals surface area contributed by atoms with Crippen molar-refractivity contribution in [3.63, 3.8) is 0 Å². The van der Waals surface area contributed by atoms with Crippen LogP contribution in [0.25, 0.3) is 33.3 Å². The van der Waals surface area contributed by atoms with Crippen molar-refractivity contribution < 1.29 is 42.2 Å².